The van der Waals surface area contributed by atoms with Gasteiger partial charge in [0.25, 0.3) is 0 Å². The molecule has 184 valence electrons. The molecule has 2 aliphatic carbocycles. The molecule has 1 aliphatic heterocycles. The van der Waals surface area contributed by atoms with Crippen molar-refractivity contribution < 1.29 is 9.18 Å². The summed E-state index contributed by atoms with van der Waals surface area (Å²) < 4.78 is 14.1. The molecule has 4 nitrogen and oxygen atoms in total. The first kappa shape index (κ1) is 24.5. The van der Waals surface area contributed by atoms with E-state index in [9.17, 15) is 9.18 Å². The van der Waals surface area contributed by atoms with Crippen molar-refractivity contribution in [2.75, 3.05) is 33.7 Å². The summed E-state index contributed by atoms with van der Waals surface area (Å²) in [6.45, 7) is 7.15. The molecule has 3 fully saturated rings. The normalized spacial score (nSPS) is 28.1. The number of urea groups is 1. The Labute approximate surface area is 200 Å². The Hall–Kier alpha value is -1.62. The third-order valence-electron chi connectivity index (χ3n) is 8.76. The van der Waals surface area contributed by atoms with Crippen LogP contribution in [0.3, 0.4) is 0 Å². The van der Waals surface area contributed by atoms with Crippen LogP contribution in [0.25, 0.3) is 0 Å². The third kappa shape index (κ3) is 4.94. The summed E-state index contributed by atoms with van der Waals surface area (Å²) in [5.41, 5.74) is 0.726. The van der Waals surface area contributed by atoms with Crippen LogP contribution in [0.5, 0.6) is 0 Å². The van der Waals surface area contributed by atoms with Gasteiger partial charge in [0.2, 0.25) is 0 Å². The molecule has 1 heterocycles. The van der Waals surface area contributed by atoms with E-state index in [4.69, 9.17) is 0 Å². The fourth-order valence-corrected chi connectivity index (χ4v) is 6.36. The van der Waals surface area contributed by atoms with Gasteiger partial charge in [-0.1, -0.05) is 58.1 Å². The predicted octanol–water partition coefficient (Wildman–Crippen LogP) is 6.26. The molecule has 1 aromatic carbocycles. The maximum absolute atomic E-state index is 14.1. The lowest BCUT2D eigenvalue weighted by atomic mass is 9.58. The number of halogens is 1. The van der Waals surface area contributed by atoms with Crippen LogP contribution in [-0.2, 0) is 5.54 Å². The number of unbranched alkanes of at least 4 members (excludes halogenated alkanes) is 2. The minimum atomic E-state index is -0.202. The molecule has 2 saturated carbocycles. The van der Waals surface area contributed by atoms with Gasteiger partial charge in [-0.05, 0) is 75.7 Å². The standard InChI is InChI=1S/C28H44FN3O/c1-5-7-8-10-22(6-2)15-16-31-21-27(32(26(31)33)18-23-13-14-23)19-28(20-27,30(3)4)24-11-9-12-25(29)17-24/h9,11-12,17,22-23H,5-8,10,13-16,18-21H2,1-4H3. The van der Waals surface area contributed by atoms with E-state index in [1.54, 1.807) is 6.07 Å². The van der Waals surface area contributed by atoms with E-state index in [0.29, 0.717) is 11.8 Å². The topological polar surface area (TPSA) is 26.8 Å². The van der Waals surface area contributed by atoms with Crippen molar-refractivity contribution in [1.29, 1.82) is 0 Å². The zero-order valence-corrected chi connectivity index (χ0v) is 21.3. The SMILES string of the molecule is CCCCCC(CC)CCN1CC2(CC(c3cccc(F)c3)(N(C)C)C2)N(CC2CC2)C1=O. The fourth-order valence-electron chi connectivity index (χ4n) is 6.36. The molecule has 1 aromatic rings. The van der Waals surface area contributed by atoms with E-state index in [2.05, 4.69) is 48.7 Å². The molecule has 0 aromatic heterocycles. The number of amides is 2. The van der Waals surface area contributed by atoms with Gasteiger partial charge in [0, 0.05) is 19.6 Å². The van der Waals surface area contributed by atoms with E-state index in [-0.39, 0.29) is 22.9 Å². The summed E-state index contributed by atoms with van der Waals surface area (Å²) in [5, 5.41) is 0. The zero-order chi connectivity index (χ0) is 23.6. The van der Waals surface area contributed by atoms with Crippen molar-refractivity contribution in [2.45, 2.75) is 89.1 Å². The minimum absolute atomic E-state index is 0.111. The number of benzene rings is 1. The monoisotopic (exact) mass is 457 g/mol. The number of carbonyl (C=O) groups is 1. The molecule has 0 bridgehead atoms. The van der Waals surface area contributed by atoms with Gasteiger partial charge in [-0.2, -0.15) is 0 Å². The Morgan fingerprint density at radius 2 is 1.91 bits per heavy atom. The molecule has 1 saturated heterocycles. The lowest BCUT2D eigenvalue weighted by Crippen LogP contribution is -2.67. The van der Waals surface area contributed by atoms with Crippen LogP contribution in [0.15, 0.2) is 24.3 Å². The Bertz CT molecular complexity index is 815. The van der Waals surface area contributed by atoms with Gasteiger partial charge in [-0.3, -0.25) is 4.90 Å². The van der Waals surface area contributed by atoms with Crippen LogP contribution >= 0.6 is 0 Å². The smallest absolute Gasteiger partial charge is 0.320 e. The second-order valence-corrected chi connectivity index (χ2v) is 11.3. The predicted molar refractivity (Wildman–Crippen MR) is 133 cm³/mol. The van der Waals surface area contributed by atoms with E-state index >= 15 is 0 Å². The van der Waals surface area contributed by atoms with Gasteiger partial charge in [0.05, 0.1) is 11.1 Å². The van der Waals surface area contributed by atoms with Crippen molar-refractivity contribution in [1.82, 2.24) is 14.7 Å². The maximum Gasteiger partial charge on any atom is 0.320 e. The number of carbonyl (C=O) groups excluding carboxylic acids is 1. The van der Waals surface area contributed by atoms with Gasteiger partial charge >= 0.3 is 6.03 Å². The Morgan fingerprint density at radius 3 is 2.52 bits per heavy atom. The first-order valence-electron chi connectivity index (χ1n) is 13.3. The Balaban J connectivity index is 1.48. The zero-order valence-electron chi connectivity index (χ0n) is 21.3. The van der Waals surface area contributed by atoms with Gasteiger partial charge in [0.15, 0.2) is 0 Å². The van der Waals surface area contributed by atoms with Crippen molar-refractivity contribution in [3.05, 3.63) is 35.6 Å². The molecular formula is C28H44FN3O. The third-order valence-corrected chi connectivity index (χ3v) is 8.76. The van der Waals surface area contributed by atoms with Gasteiger partial charge in [-0.25, -0.2) is 9.18 Å². The number of hydrogen-bond acceptors (Lipinski definition) is 2. The summed E-state index contributed by atoms with van der Waals surface area (Å²) in [5.74, 6) is 1.21. The molecule has 4 rings (SSSR count). The molecule has 1 spiro atoms. The molecule has 33 heavy (non-hydrogen) atoms. The highest BCUT2D eigenvalue weighted by atomic mass is 19.1. The van der Waals surface area contributed by atoms with E-state index in [0.717, 1.165) is 44.5 Å². The molecular weight excluding hydrogens is 413 g/mol. The van der Waals surface area contributed by atoms with Crippen molar-refractivity contribution in [3.63, 3.8) is 0 Å². The van der Waals surface area contributed by atoms with Crippen LogP contribution in [0.1, 0.15) is 83.6 Å². The molecule has 3 aliphatic rings. The van der Waals surface area contributed by atoms with Crippen molar-refractivity contribution in [2.24, 2.45) is 11.8 Å². The average Bonchev–Trinajstić information content (AvgIpc) is 3.54. The highest BCUT2D eigenvalue weighted by Crippen LogP contribution is 2.57. The summed E-state index contributed by atoms with van der Waals surface area (Å²) in [6, 6.07) is 7.33. The summed E-state index contributed by atoms with van der Waals surface area (Å²) in [4.78, 5) is 20.2. The van der Waals surface area contributed by atoms with E-state index < -0.39 is 0 Å². The maximum atomic E-state index is 14.1. The number of hydrogen-bond donors (Lipinski definition) is 0. The fraction of sp³-hybridized carbons (Fsp3) is 0.750. The van der Waals surface area contributed by atoms with Crippen molar-refractivity contribution >= 4 is 6.03 Å². The quantitative estimate of drug-likeness (QED) is 0.346. The second kappa shape index (κ2) is 9.93. The van der Waals surface area contributed by atoms with Gasteiger partial charge in [-0.15, -0.1) is 0 Å². The minimum Gasteiger partial charge on any atom is -0.322 e. The van der Waals surface area contributed by atoms with Crippen LogP contribution in [0.2, 0.25) is 0 Å². The van der Waals surface area contributed by atoms with Crippen LogP contribution in [0, 0.1) is 17.7 Å². The lowest BCUT2D eigenvalue weighted by Gasteiger charge is -2.60. The average molecular weight is 458 g/mol. The number of rotatable bonds is 12. The van der Waals surface area contributed by atoms with Crippen LogP contribution in [-0.4, -0.2) is 60.0 Å². The van der Waals surface area contributed by atoms with E-state index in [1.165, 1.54) is 51.0 Å². The van der Waals surface area contributed by atoms with E-state index in [1.807, 2.05) is 6.07 Å². The largest absolute Gasteiger partial charge is 0.322 e. The van der Waals surface area contributed by atoms with Gasteiger partial charge in [0.1, 0.15) is 5.82 Å². The summed E-state index contributed by atoms with van der Waals surface area (Å²) >= 11 is 0. The summed E-state index contributed by atoms with van der Waals surface area (Å²) in [6.07, 6.45) is 11.7. The molecule has 5 heteroatoms. The highest BCUT2D eigenvalue weighted by molar-refractivity contribution is 5.79. The molecule has 1 unspecified atom stereocenters. The summed E-state index contributed by atoms with van der Waals surface area (Å²) in [7, 11) is 4.19. The van der Waals surface area contributed by atoms with Crippen LogP contribution in [0.4, 0.5) is 9.18 Å². The first-order valence-corrected chi connectivity index (χ1v) is 13.3. The first-order chi connectivity index (χ1) is 15.8. The molecule has 1 atom stereocenters. The Morgan fingerprint density at radius 1 is 1.15 bits per heavy atom. The lowest BCUT2D eigenvalue weighted by molar-refractivity contribution is -0.0710. The molecule has 0 N–H and O–H groups in total. The molecule has 0 radical (unpaired) electrons. The Kier molecular flexibility index (Phi) is 7.38. The van der Waals surface area contributed by atoms with Gasteiger partial charge < -0.3 is 9.80 Å². The van der Waals surface area contributed by atoms with Crippen molar-refractivity contribution in [3.8, 4) is 0 Å². The highest BCUT2D eigenvalue weighted by Gasteiger charge is 2.64. The second-order valence-electron chi connectivity index (χ2n) is 11.3. The molecule has 2 amide bonds. The number of nitrogens with zero attached hydrogens (tertiary/aromatic N) is 3. The van der Waals surface area contributed by atoms with Crippen LogP contribution < -0.4 is 0 Å².